The number of aldehydes is 1. The minimum atomic E-state index is -0.236. The lowest BCUT2D eigenvalue weighted by atomic mass is 10.0. The zero-order chi connectivity index (χ0) is 17.2. The normalized spacial score (nSPS) is 15.5. The predicted octanol–water partition coefficient (Wildman–Crippen LogP) is 2.91. The van der Waals surface area contributed by atoms with Crippen molar-refractivity contribution in [2.45, 2.75) is 20.0 Å². The van der Waals surface area contributed by atoms with Crippen molar-refractivity contribution in [2.75, 3.05) is 21.3 Å². The van der Waals surface area contributed by atoms with E-state index >= 15 is 0 Å². The van der Waals surface area contributed by atoms with Crippen LogP contribution >= 0.6 is 11.3 Å². The number of aromatic nitrogens is 1. The molecule has 126 valence electrons. The average Bonchev–Trinajstić information content (AvgIpc) is 3.02. The van der Waals surface area contributed by atoms with E-state index in [2.05, 4.69) is 10.1 Å². The van der Waals surface area contributed by atoms with Crippen LogP contribution in [0.25, 0.3) is 6.08 Å². The van der Waals surface area contributed by atoms with E-state index in [0.29, 0.717) is 12.0 Å². The molecule has 0 aromatic carbocycles. The van der Waals surface area contributed by atoms with E-state index < -0.39 is 0 Å². The van der Waals surface area contributed by atoms with Gasteiger partial charge in [-0.15, -0.1) is 11.3 Å². The number of hydrogen-bond acceptors (Lipinski definition) is 7. The van der Waals surface area contributed by atoms with Crippen LogP contribution in [-0.4, -0.2) is 44.4 Å². The highest BCUT2D eigenvalue weighted by Gasteiger charge is 2.19. The van der Waals surface area contributed by atoms with Gasteiger partial charge in [0, 0.05) is 24.5 Å². The highest BCUT2D eigenvalue weighted by Crippen LogP contribution is 2.20. The highest BCUT2D eigenvalue weighted by atomic mass is 32.1. The molecular formula is C16H22N2O4S. The molecule has 0 saturated carbocycles. The molecule has 2 atom stereocenters. The van der Waals surface area contributed by atoms with E-state index in [0.717, 1.165) is 16.4 Å². The van der Waals surface area contributed by atoms with Gasteiger partial charge in [0.15, 0.2) is 0 Å². The Morgan fingerprint density at radius 1 is 1.39 bits per heavy atom. The van der Waals surface area contributed by atoms with Gasteiger partial charge < -0.3 is 14.3 Å². The first-order valence-corrected chi connectivity index (χ1v) is 7.89. The standard InChI is InChI=1S/C16H22N2O4S/c1-11(15(21-4)8-9-19)14(20-3)7-6-13-10-23-16(17-13)12(2)18-22-5/h6-11,14H,1-5H3/b7-6+,15-8+,18-12-. The van der Waals surface area contributed by atoms with Crippen LogP contribution in [0.4, 0.5) is 0 Å². The number of oxime groups is 1. The highest BCUT2D eigenvalue weighted by molar-refractivity contribution is 7.11. The summed E-state index contributed by atoms with van der Waals surface area (Å²) in [5.41, 5.74) is 1.53. The summed E-state index contributed by atoms with van der Waals surface area (Å²) in [5.74, 6) is 0.472. The van der Waals surface area contributed by atoms with E-state index in [4.69, 9.17) is 14.3 Å². The van der Waals surface area contributed by atoms with Gasteiger partial charge in [-0.05, 0) is 13.0 Å². The summed E-state index contributed by atoms with van der Waals surface area (Å²) in [6.07, 6.45) is 5.63. The van der Waals surface area contributed by atoms with E-state index in [1.165, 1.54) is 31.6 Å². The maximum atomic E-state index is 10.6. The summed E-state index contributed by atoms with van der Waals surface area (Å²) in [4.78, 5) is 19.8. The SMILES string of the molecule is CO/N=C(/C)c1nc(/C=C/C(OC)C(C)/C(=C\C=O)OC)cs1. The first-order chi connectivity index (χ1) is 11.1. The molecule has 1 heterocycles. The lowest BCUT2D eigenvalue weighted by Gasteiger charge is -2.21. The van der Waals surface area contributed by atoms with Crippen molar-refractivity contribution >= 4 is 29.4 Å². The first kappa shape index (κ1) is 19.1. The summed E-state index contributed by atoms with van der Waals surface area (Å²) in [5, 5.41) is 6.59. The molecule has 0 N–H and O–H groups in total. The number of allylic oxidation sites excluding steroid dienone is 1. The number of nitrogens with zero attached hydrogens (tertiary/aromatic N) is 2. The summed E-state index contributed by atoms with van der Waals surface area (Å²) in [6, 6.07) is 0. The minimum Gasteiger partial charge on any atom is -0.501 e. The monoisotopic (exact) mass is 338 g/mol. The third-order valence-electron chi connectivity index (χ3n) is 3.20. The Bertz CT molecular complexity index is 593. The molecule has 0 saturated heterocycles. The van der Waals surface area contributed by atoms with E-state index in [-0.39, 0.29) is 12.0 Å². The third kappa shape index (κ3) is 5.61. The maximum absolute atomic E-state index is 10.6. The minimum absolute atomic E-state index is 0.0960. The molecule has 2 unspecified atom stereocenters. The lowest BCUT2D eigenvalue weighted by Crippen LogP contribution is -2.20. The zero-order valence-electron chi connectivity index (χ0n) is 14.0. The van der Waals surface area contributed by atoms with Gasteiger partial charge in [0.1, 0.15) is 29.9 Å². The summed E-state index contributed by atoms with van der Waals surface area (Å²) in [6.45, 7) is 3.77. The van der Waals surface area contributed by atoms with Gasteiger partial charge in [0.25, 0.3) is 0 Å². The van der Waals surface area contributed by atoms with Crippen LogP contribution in [0.2, 0.25) is 0 Å². The van der Waals surface area contributed by atoms with Crippen molar-refractivity contribution < 1.29 is 19.1 Å². The topological polar surface area (TPSA) is 70.0 Å². The first-order valence-electron chi connectivity index (χ1n) is 7.01. The molecule has 0 aliphatic heterocycles. The molecule has 0 bridgehead atoms. The van der Waals surface area contributed by atoms with Crippen LogP contribution in [0.15, 0.2) is 28.4 Å². The van der Waals surface area contributed by atoms with Gasteiger partial charge in [-0.3, -0.25) is 4.79 Å². The summed E-state index contributed by atoms with van der Waals surface area (Å²) >= 11 is 1.49. The molecule has 0 aliphatic carbocycles. The lowest BCUT2D eigenvalue weighted by molar-refractivity contribution is -0.104. The second-order valence-electron chi connectivity index (χ2n) is 4.69. The number of hydrogen-bond donors (Lipinski definition) is 0. The molecule has 6 nitrogen and oxygen atoms in total. The third-order valence-corrected chi connectivity index (χ3v) is 4.17. The smallest absolute Gasteiger partial charge is 0.146 e. The average molecular weight is 338 g/mol. The van der Waals surface area contributed by atoms with Crippen LogP contribution < -0.4 is 0 Å². The van der Waals surface area contributed by atoms with E-state index in [1.807, 2.05) is 31.4 Å². The number of thiazole rings is 1. The summed E-state index contributed by atoms with van der Waals surface area (Å²) in [7, 11) is 4.65. The molecule has 1 rings (SSSR count). The van der Waals surface area contributed by atoms with Gasteiger partial charge in [0.05, 0.1) is 18.9 Å². The van der Waals surface area contributed by atoms with Crippen LogP contribution in [-0.2, 0) is 19.1 Å². The number of carbonyl (C=O) groups excluding carboxylic acids is 1. The van der Waals surface area contributed by atoms with Crippen molar-refractivity contribution in [3.05, 3.63) is 34.0 Å². The second-order valence-corrected chi connectivity index (χ2v) is 5.55. The Hall–Kier alpha value is -1.99. The van der Waals surface area contributed by atoms with Crippen molar-refractivity contribution in [3.63, 3.8) is 0 Å². The Balaban J connectivity index is 2.86. The molecular weight excluding hydrogens is 316 g/mol. The largest absolute Gasteiger partial charge is 0.501 e. The fourth-order valence-electron chi connectivity index (χ4n) is 1.98. The molecule has 1 aromatic heterocycles. The molecule has 0 radical (unpaired) electrons. The van der Waals surface area contributed by atoms with Crippen molar-refractivity contribution in [2.24, 2.45) is 11.1 Å². The number of rotatable bonds is 9. The Labute approximate surface area is 140 Å². The van der Waals surface area contributed by atoms with Crippen LogP contribution in [0.1, 0.15) is 24.5 Å². The number of methoxy groups -OCH3 is 2. The molecule has 23 heavy (non-hydrogen) atoms. The van der Waals surface area contributed by atoms with E-state index in [9.17, 15) is 4.79 Å². The van der Waals surface area contributed by atoms with Gasteiger partial charge in [-0.2, -0.15) is 0 Å². The van der Waals surface area contributed by atoms with E-state index in [1.54, 1.807) is 7.11 Å². The van der Waals surface area contributed by atoms with Gasteiger partial charge in [-0.1, -0.05) is 18.2 Å². The predicted molar refractivity (Wildman–Crippen MR) is 91.5 cm³/mol. The van der Waals surface area contributed by atoms with Crippen LogP contribution in [0, 0.1) is 5.92 Å². The molecule has 0 fully saturated rings. The Morgan fingerprint density at radius 3 is 2.70 bits per heavy atom. The fourth-order valence-corrected chi connectivity index (χ4v) is 2.71. The Kier molecular flexibility index (Phi) is 8.21. The van der Waals surface area contributed by atoms with Gasteiger partial charge in [0.2, 0.25) is 0 Å². The van der Waals surface area contributed by atoms with Crippen LogP contribution in [0.3, 0.4) is 0 Å². The second kappa shape index (κ2) is 9.91. The molecule has 0 aliphatic rings. The molecule has 1 aromatic rings. The summed E-state index contributed by atoms with van der Waals surface area (Å²) < 4.78 is 10.7. The van der Waals surface area contributed by atoms with Crippen molar-refractivity contribution in [1.29, 1.82) is 0 Å². The quantitative estimate of drug-likeness (QED) is 0.228. The molecule has 7 heteroatoms. The Morgan fingerprint density at radius 2 is 2.13 bits per heavy atom. The van der Waals surface area contributed by atoms with Crippen LogP contribution in [0.5, 0.6) is 0 Å². The van der Waals surface area contributed by atoms with Gasteiger partial charge >= 0.3 is 0 Å². The van der Waals surface area contributed by atoms with Crippen molar-refractivity contribution in [1.82, 2.24) is 4.98 Å². The van der Waals surface area contributed by atoms with Gasteiger partial charge in [-0.25, -0.2) is 4.98 Å². The molecule has 0 spiro atoms. The maximum Gasteiger partial charge on any atom is 0.146 e. The zero-order valence-corrected chi connectivity index (χ0v) is 14.8. The number of carbonyl (C=O) groups is 1. The van der Waals surface area contributed by atoms with Crippen molar-refractivity contribution in [3.8, 4) is 0 Å². The fraction of sp³-hybridized carbons (Fsp3) is 0.438. The molecule has 0 amide bonds. The number of ether oxygens (including phenoxy) is 2.